The average Bonchev–Trinajstić information content (AvgIpc) is 2.87. The van der Waals surface area contributed by atoms with Crippen LogP contribution in [0.1, 0.15) is 47.6 Å². The van der Waals surface area contributed by atoms with E-state index in [0.717, 1.165) is 38.8 Å². The molecule has 0 radical (unpaired) electrons. The maximum atomic E-state index is 13.3. The number of primary amides is 1. The molecule has 33 heavy (non-hydrogen) atoms. The molecule has 1 aliphatic carbocycles. The minimum atomic E-state index is -0.832. The molecule has 7 heteroatoms. The summed E-state index contributed by atoms with van der Waals surface area (Å²) in [5.41, 5.74) is 7.02. The molecule has 2 aliphatic rings. The van der Waals surface area contributed by atoms with E-state index in [1.165, 1.54) is 0 Å². The van der Waals surface area contributed by atoms with E-state index in [9.17, 15) is 14.4 Å². The maximum Gasteiger partial charge on any atom is 0.253 e. The fourth-order valence-corrected chi connectivity index (χ4v) is 5.09. The Morgan fingerprint density at radius 3 is 2.09 bits per heavy atom. The molecule has 2 aromatic rings. The first-order valence-electron chi connectivity index (χ1n) is 11.8. The third kappa shape index (κ3) is 5.42. The smallest absolute Gasteiger partial charge is 0.253 e. The molecule has 0 unspecified atom stereocenters. The normalized spacial score (nSPS) is 22.4. The Kier molecular flexibility index (Phi) is 7.40. The van der Waals surface area contributed by atoms with Crippen molar-refractivity contribution in [3.63, 3.8) is 0 Å². The number of amides is 3. The monoisotopic (exact) mass is 448 g/mol. The Labute approximate surface area is 194 Å². The topological polar surface area (TPSA) is 95.7 Å². The fraction of sp³-hybridized carbons (Fsp3) is 0.423. The highest BCUT2D eigenvalue weighted by molar-refractivity contribution is 5.94. The first-order valence-corrected chi connectivity index (χ1v) is 11.8. The predicted octanol–water partition coefficient (Wildman–Crippen LogP) is 2.35. The highest BCUT2D eigenvalue weighted by Crippen LogP contribution is 2.30. The van der Waals surface area contributed by atoms with Crippen LogP contribution in [-0.4, -0.2) is 59.7 Å². The van der Waals surface area contributed by atoms with Gasteiger partial charge in [0.25, 0.3) is 5.91 Å². The number of hydrogen-bond donors (Lipinski definition) is 2. The molecule has 2 aromatic carbocycles. The summed E-state index contributed by atoms with van der Waals surface area (Å²) in [5.74, 6) is -0.814. The van der Waals surface area contributed by atoms with Crippen molar-refractivity contribution in [1.29, 1.82) is 0 Å². The minimum absolute atomic E-state index is 0.0559. The lowest BCUT2D eigenvalue weighted by Crippen LogP contribution is -2.56. The summed E-state index contributed by atoms with van der Waals surface area (Å²) in [6.07, 6.45) is 3.81. The van der Waals surface area contributed by atoms with Crippen LogP contribution in [0.15, 0.2) is 60.7 Å². The van der Waals surface area contributed by atoms with Crippen LogP contribution in [0.2, 0.25) is 0 Å². The Morgan fingerprint density at radius 2 is 1.45 bits per heavy atom. The SMILES string of the molecule is NC(=O)[C@@H](NC(=O)[C@H]1CCCC[C@@H]1N1CCN(C(=O)c2ccccc2)CC1)c1ccccc1. The van der Waals surface area contributed by atoms with Crippen LogP contribution >= 0.6 is 0 Å². The Morgan fingerprint density at radius 1 is 0.848 bits per heavy atom. The molecule has 3 atom stereocenters. The van der Waals surface area contributed by atoms with Crippen molar-refractivity contribution in [2.24, 2.45) is 11.7 Å². The molecule has 0 spiro atoms. The quantitative estimate of drug-likeness (QED) is 0.709. The summed E-state index contributed by atoms with van der Waals surface area (Å²) in [5, 5.41) is 2.92. The first-order chi connectivity index (χ1) is 16.0. The zero-order chi connectivity index (χ0) is 23.2. The summed E-state index contributed by atoms with van der Waals surface area (Å²) in [6, 6.07) is 17.8. The number of rotatable bonds is 6. The zero-order valence-electron chi connectivity index (χ0n) is 18.9. The van der Waals surface area contributed by atoms with E-state index < -0.39 is 11.9 Å². The second-order valence-electron chi connectivity index (χ2n) is 8.91. The molecular formula is C26H32N4O3. The van der Waals surface area contributed by atoms with E-state index >= 15 is 0 Å². The molecule has 4 rings (SSSR count). The zero-order valence-corrected chi connectivity index (χ0v) is 18.9. The van der Waals surface area contributed by atoms with Crippen molar-refractivity contribution < 1.29 is 14.4 Å². The number of hydrogen-bond acceptors (Lipinski definition) is 4. The van der Waals surface area contributed by atoms with Crippen LogP contribution in [-0.2, 0) is 9.59 Å². The lowest BCUT2D eigenvalue weighted by molar-refractivity contribution is -0.133. The largest absolute Gasteiger partial charge is 0.368 e. The number of nitrogens with two attached hydrogens (primary N) is 1. The van der Waals surface area contributed by atoms with E-state index in [2.05, 4.69) is 10.2 Å². The van der Waals surface area contributed by atoms with E-state index in [4.69, 9.17) is 5.73 Å². The Balaban J connectivity index is 1.40. The van der Waals surface area contributed by atoms with Crippen molar-refractivity contribution in [3.8, 4) is 0 Å². The lowest BCUT2D eigenvalue weighted by atomic mass is 9.82. The second kappa shape index (κ2) is 10.6. The summed E-state index contributed by atoms with van der Waals surface area (Å²) in [6.45, 7) is 2.77. The number of nitrogens with zero attached hydrogens (tertiary/aromatic N) is 2. The molecule has 0 bridgehead atoms. The van der Waals surface area contributed by atoms with Gasteiger partial charge in [0.2, 0.25) is 11.8 Å². The van der Waals surface area contributed by atoms with Crippen molar-refractivity contribution in [2.45, 2.75) is 37.8 Å². The molecular weight excluding hydrogens is 416 g/mol. The van der Waals surface area contributed by atoms with Crippen LogP contribution in [0, 0.1) is 5.92 Å². The Bertz CT molecular complexity index is 958. The van der Waals surface area contributed by atoms with E-state index in [1.807, 2.05) is 53.4 Å². The van der Waals surface area contributed by atoms with Gasteiger partial charge in [0.05, 0.1) is 5.92 Å². The van der Waals surface area contributed by atoms with Crippen molar-refractivity contribution in [3.05, 3.63) is 71.8 Å². The minimum Gasteiger partial charge on any atom is -0.368 e. The van der Waals surface area contributed by atoms with Gasteiger partial charge in [-0.15, -0.1) is 0 Å². The van der Waals surface area contributed by atoms with Gasteiger partial charge in [-0.05, 0) is 30.5 Å². The first kappa shape index (κ1) is 23.0. The van der Waals surface area contributed by atoms with Crippen molar-refractivity contribution in [2.75, 3.05) is 26.2 Å². The standard InChI is InChI=1S/C26H32N4O3/c27-24(31)23(19-9-3-1-4-10-19)28-25(32)21-13-7-8-14-22(21)29-15-17-30(18-16-29)26(33)20-11-5-2-6-12-20/h1-6,9-12,21-23H,7-8,13-18H2,(H2,27,31)(H,28,32)/t21-,22-,23-/m0/s1. The van der Waals surface area contributed by atoms with Gasteiger partial charge >= 0.3 is 0 Å². The van der Waals surface area contributed by atoms with E-state index in [0.29, 0.717) is 24.2 Å². The molecule has 3 N–H and O–H groups in total. The predicted molar refractivity (Wildman–Crippen MR) is 126 cm³/mol. The molecule has 3 amide bonds. The lowest BCUT2D eigenvalue weighted by Gasteiger charge is -2.44. The summed E-state index contributed by atoms with van der Waals surface area (Å²) in [7, 11) is 0. The van der Waals surface area contributed by atoms with E-state index in [-0.39, 0.29) is 23.8 Å². The van der Waals surface area contributed by atoms with Gasteiger partial charge in [0.15, 0.2) is 0 Å². The van der Waals surface area contributed by atoms with Gasteiger partial charge in [0.1, 0.15) is 6.04 Å². The van der Waals surface area contributed by atoms with Crippen LogP contribution in [0.5, 0.6) is 0 Å². The summed E-state index contributed by atoms with van der Waals surface area (Å²) in [4.78, 5) is 42.4. The molecule has 174 valence electrons. The van der Waals surface area contributed by atoms with Gasteiger partial charge < -0.3 is 16.0 Å². The van der Waals surface area contributed by atoms with Gasteiger partial charge in [-0.2, -0.15) is 0 Å². The van der Waals surface area contributed by atoms with Gasteiger partial charge in [0, 0.05) is 37.8 Å². The molecule has 1 saturated carbocycles. The van der Waals surface area contributed by atoms with E-state index in [1.54, 1.807) is 12.1 Å². The summed E-state index contributed by atoms with van der Waals surface area (Å²) < 4.78 is 0. The summed E-state index contributed by atoms with van der Waals surface area (Å²) >= 11 is 0. The maximum absolute atomic E-state index is 13.3. The third-order valence-corrected chi connectivity index (χ3v) is 6.86. The average molecular weight is 449 g/mol. The molecule has 2 fully saturated rings. The molecule has 1 aliphatic heterocycles. The number of carbonyl (C=O) groups excluding carboxylic acids is 3. The Hall–Kier alpha value is -3.19. The third-order valence-electron chi connectivity index (χ3n) is 6.86. The van der Waals surface area contributed by atoms with Crippen molar-refractivity contribution >= 4 is 17.7 Å². The molecule has 1 saturated heterocycles. The van der Waals surface area contributed by atoms with Gasteiger partial charge in [-0.3, -0.25) is 19.3 Å². The molecule has 1 heterocycles. The van der Waals surface area contributed by atoms with Gasteiger partial charge in [-0.25, -0.2) is 0 Å². The van der Waals surface area contributed by atoms with Crippen LogP contribution in [0.4, 0.5) is 0 Å². The highest BCUT2D eigenvalue weighted by atomic mass is 16.2. The van der Waals surface area contributed by atoms with Gasteiger partial charge in [-0.1, -0.05) is 61.4 Å². The highest BCUT2D eigenvalue weighted by Gasteiger charge is 2.38. The molecule has 0 aromatic heterocycles. The van der Waals surface area contributed by atoms with Crippen LogP contribution in [0.3, 0.4) is 0 Å². The number of benzene rings is 2. The van der Waals surface area contributed by atoms with Crippen LogP contribution in [0.25, 0.3) is 0 Å². The fourth-order valence-electron chi connectivity index (χ4n) is 5.09. The van der Waals surface area contributed by atoms with Crippen molar-refractivity contribution in [1.82, 2.24) is 15.1 Å². The van der Waals surface area contributed by atoms with Crippen LogP contribution < -0.4 is 11.1 Å². The molecule has 7 nitrogen and oxygen atoms in total. The number of carbonyl (C=O) groups is 3. The number of nitrogens with one attached hydrogen (secondary N) is 1. The number of piperazine rings is 1. The second-order valence-corrected chi connectivity index (χ2v) is 8.91.